The average Bonchev–Trinajstić information content (AvgIpc) is 2.90. The van der Waals surface area contributed by atoms with Crippen LogP contribution < -0.4 is 14.8 Å². The molecule has 0 spiro atoms. The first-order chi connectivity index (χ1) is 18.9. The molecular formula is C30H23F6NO3. The van der Waals surface area contributed by atoms with Crippen LogP contribution >= 0.6 is 0 Å². The predicted octanol–water partition coefficient (Wildman–Crippen LogP) is 7.33. The Morgan fingerprint density at radius 3 is 1.50 bits per heavy atom. The minimum atomic E-state index is -5.00. The number of halogens is 6. The van der Waals surface area contributed by atoms with Crippen LogP contribution in [0.2, 0.25) is 0 Å². The van der Waals surface area contributed by atoms with E-state index in [-0.39, 0.29) is 24.1 Å². The van der Waals surface area contributed by atoms with Crippen molar-refractivity contribution in [1.82, 2.24) is 5.32 Å². The van der Waals surface area contributed by atoms with Gasteiger partial charge in [-0.25, -0.2) is 0 Å². The minimum absolute atomic E-state index is 0.0632. The largest absolute Gasteiger partial charge is 0.573 e. The van der Waals surface area contributed by atoms with Crippen molar-refractivity contribution in [3.8, 4) is 11.5 Å². The van der Waals surface area contributed by atoms with Crippen molar-refractivity contribution >= 4 is 5.91 Å². The van der Waals surface area contributed by atoms with Crippen LogP contribution in [0.1, 0.15) is 22.3 Å². The molecule has 0 aliphatic heterocycles. The SMILES string of the molecule is O=C(NCc1ccccc1)C(Cc1ccccc1)(c1cccc(OC(F)(F)F)c1)c1cccc(OC(F)(F)F)c1. The van der Waals surface area contributed by atoms with Crippen molar-refractivity contribution < 1.29 is 40.6 Å². The van der Waals surface area contributed by atoms with E-state index in [0.717, 1.165) is 29.8 Å². The van der Waals surface area contributed by atoms with Gasteiger partial charge in [-0.2, -0.15) is 0 Å². The third-order valence-electron chi connectivity index (χ3n) is 6.12. The van der Waals surface area contributed by atoms with Gasteiger partial charge in [-0.15, -0.1) is 26.3 Å². The molecule has 4 aromatic rings. The van der Waals surface area contributed by atoms with Crippen LogP contribution in [-0.2, 0) is 23.2 Å². The van der Waals surface area contributed by atoms with Crippen LogP contribution in [0, 0.1) is 0 Å². The van der Waals surface area contributed by atoms with Crippen LogP contribution in [0.15, 0.2) is 109 Å². The lowest BCUT2D eigenvalue weighted by Crippen LogP contribution is -2.47. The van der Waals surface area contributed by atoms with E-state index in [0.29, 0.717) is 5.56 Å². The van der Waals surface area contributed by atoms with Gasteiger partial charge in [-0.3, -0.25) is 4.79 Å². The molecule has 0 atom stereocenters. The second-order valence-electron chi connectivity index (χ2n) is 8.89. The summed E-state index contributed by atoms with van der Waals surface area (Å²) in [6.45, 7) is 0.0632. The number of hydrogen-bond acceptors (Lipinski definition) is 3. The van der Waals surface area contributed by atoms with E-state index in [1.807, 2.05) is 0 Å². The number of ether oxygens (including phenoxy) is 2. The van der Waals surface area contributed by atoms with Gasteiger partial charge in [-0.1, -0.05) is 84.9 Å². The molecular weight excluding hydrogens is 536 g/mol. The molecule has 0 fully saturated rings. The highest BCUT2D eigenvalue weighted by Gasteiger charge is 2.43. The molecule has 0 saturated heterocycles. The van der Waals surface area contributed by atoms with Gasteiger partial charge in [0, 0.05) is 6.54 Å². The summed E-state index contributed by atoms with van der Waals surface area (Å²) in [6, 6.07) is 27.2. The Bertz CT molecular complexity index is 1360. The normalized spacial score (nSPS) is 12.1. The number of hydrogen-bond donors (Lipinski definition) is 1. The molecule has 4 aromatic carbocycles. The third-order valence-corrected chi connectivity index (χ3v) is 6.12. The molecule has 0 bridgehead atoms. The fourth-order valence-corrected chi connectivity index (χ4v) is 4.46. The fraction of sp³-hybridized carbons (Fsp3) is 0.167. The molecule has 1 amide bonds. The van der Waals surface area contributed by atoms with E-state index in [1.165, 1.54) is 24.3 Å². The summed E-state index contributed by atoms with van der Waals surface area (Å²) in [5, 5.41) is 2.83. The minimum Gasteiger partial charge on any atom is -0.406 e. The van der Waals surface area contributed by atoms with Crippen molar-refractivity contribution in [2.24, 2.45) is 0 Å². The first-order valence-corrected chi connectivity index (χ1v) is 12.0. The predicted molar refractivity (Wildman–Crippen MR) is 135 cm³/mol. The average molecular weight is 560 g/mol. The zero-order valence-electron chi connectivity index (χ0n) is 20.8. The van der Waals surface area contributed by atoms with Gasteiger partial charge in [0.1, 0.15) is 16.9 Å². The number of carbonyl (C=O) groups excluding carboxylic acids is 1. The Kier molecular flexibility index (Phi) is 8.37. The van der Waals surface area contributed by atoms with Gasteiger partial charge in [0.05, 0.1) is 0 Å². The number of amides is 1. The highest BCUT2D eigenvalue weighted by atomic mass is 19.4. The topological polar surface area (TPSA) is 47.6 Å². The number of benzene rings is 4. The van der Waals surface area contributed by atoms with E-state index in [9.17, 15) is 31.1 Å². The van der Waals surface area contributed by atoms with Gasteiger partial charge in [0.25, 0.3) is 0 Å². The zero-order valence-corrected chi connectivity index (χ0v) is 20.8. The summed E-state index contributed by atoms with van der Waals surface area (Å²) in [7, 11) is 0. The van der Waals surface area contributed by atoms with Crippen LogP contribution in [0.3, 0.4) is 0 Å². The van der Waals surface area contributed by atoms with Gasteiger partial charge < -0.3 is 14.8 Å². The Morgan fingerprint density at radius 1 is 0.600 bits per heavy atom. The Hall–Kier alpha value is -4.47. The van der Waals surface area contributed by atoms with Gasteiger partial charge in [0.2, 0.25) is 5.91 Å². The van der Waals surface area contributed by atoms with Crippen LogP contribution in [0.4, 0.5) is 26.3 Å². The molecule has 4 rings (SSSR count). The smallest absolute Gasteiger partial charge is 0.406 e. The van der Waals surface area contributed by atoms with E-state index in [1.54, 1.807) is 60.7 Å². The molecule has 40 heavy (non-hydrogen) atoms. The van der Waals surface area contributed by atoms with Crippen molar-refractivity contribution in [2.45, 2.75) is 31.1 Å². The highest BCUT2D eigenvalue weighted by Crippen LogP contribution is 2.40. The van der Waals surface area contributed by atoms with Crippen molar-refractivity contribution in [3.05, 3.63) is 131 Å². The Labute approximate surface area is 226 Å². The molecule has 0 radical (unpaired) electrons. The lowest BCUT2D eigenvalue weighted by Gasteiger charge is -2.34. The van der Waals surface area contributed by atoms with Crippen molar-refractivity contribution in [3.63, 3.8) is 0 Å². The summed E-state index contributed by atoms with van der Waals surface area (Å²) < 4.78 is 86.8. The van der Waals surface area contributed by atoms with E-state index in [2.05, 4.69) is 14.8 Å². The van der Waals surface area contributed by atoms with E-state index < -0.39 is 35.5 Å². The maximum absolute atomic E-state index is 14.2. The molecule has 0 aliphatic rings. The highest BCUT2D eigenvalue weighted by molar-refractivity contribution is 5.92. The number of nitrogens with one attached hydrogen (secondary N) is 1. The summed E-state index contributed by atoms with van der Waals surface area (Å²) in [6.07, 6.45) is -10.1. The first-order valence-electron chi connectivity index (χ1n) is 12.0. The Morgan fingerprint density at radius 2 is 1.05 bits per heavy atom. The van der Waals surface area contributed by atoms with Gasteiger partial charge in [-0.05, 0) is 52.9 Å². The molecule has 0 unspecified atom stereocenters. The fourth-order valence-electron chi connectivity index (χ4n) is 4.46. The lowest BCUT2D eigenvalue weighted by atomic mass is 9.69. The van der Waals surface area contributed by atoms with Crippen molar-refractivity contribution in [2.75, 3.05) is 0 Å². The molecule has 4 nitrogen and oxygen atoms in total. The van der Waals surface area contributed by atoms with Crippen molar-refractivity contribution in [1.29, 1.82) is 0 Å². The van der Waals surface area contributed by atoms with Crippen LogP contribution in [0.5, 0.6) is 11.5 Å². The summed E-state index contributed by atoms with van der Waals surface area (Å²) in [4.78, 5) is 14.2. The molecule has 0 heterocycles. The van der Waals surface area contributed by atoms with Crippen LogP contribution in [0.25, 0.3) is 0 Å². The monoisotopic (exact) mass is 559 g/mol. The second kappa shape index (κ2) is 11.7. The third kappa shape index (κ3) is 7.34. The zero-order chi connectivity index (χ0) is 28.8. The van der Waals surface area contributed by atoms with Crippen LogP contribution in [-0.4, -0.2) is 18.6 Å². The maximum atomic E-state index is 14.2. The number of rotatable bonds is 9. The summed E-state index contributed by atoms with van der Waals surface area (Å²) in [5.74, 6) is -1.81. The first kappa shape index (κ1) is 28.5. The molecule has 10 heteroatoms. The van der Waals surface area contributed by atoms with Gasteiger partial charge in [0.15, 0.2) is 0 Å². The molecule has 0 saturated carbocycles. The summed E-state index contributed by atoms with van der Waals surface area (Å²) in [5.41, 5.74) is -0.276. The van der Waals surface area contributed by atoms with E-state index >= 15 is 0 Å². The quantitative estimate of drug-likeness (QED) is 0.219. The van der Waals surface area contributed by atoms with E-state index in [4.69, 9.17) is 0 Å². The molecule has 1 N–H and O–H groups in total. The molecule has 0 aromatic heterocycles. The maximum Gasteiger partial charge on any atom is 0.573 e. The molecule has 208 valence electrons. The summed E-state index contributed by atoms with van der Waals surface area (Å²) >= 11 is 0. The van der Waals surface area contributed by atoms with Gasteiger partial charge >= 0.3 is 12.7 Å². The lowest BCUT2D eigenvalue weighted by molar-refractivity contribution is -0.275. The standard InChI is InChI=1S/C30H23F6NO3/c31-29(32,33)39-25-15-7-13-23(17-25)28(19-21-9-3-1-4-10-21,27(38)37-20-22-11-5-2-6-12-22)24-14-8-16-26(18-24)40-30(34,35)36/h1-18H,19-20H2,(H,37,38). The number of alkyl halides is 6. The Balaban J connectivity index is 1.91. The molecule has 0 aliphatic carbocycles. The number of carbonyl (C=O) groups is 1. The second-order valence-corrected chi connectivity index (χ2v) is 8.89.